The minimum absolute atomic E-state index is 0.0876. The number of allylic oxidation sites excluding steroid dienone is 6. The molecule has 1 saturated carbocycles. The van der Waals surface area contributed by atoms with E-state index in [4.69, 9.17) is 18.5 Å². The maximum Gasteiger partial charge on any atom is 0.472 e. The van der Waals surface area contributed by atoms with Crippen molar-refractivity contribution < 1.29 is 58.3 Å². The summed E-state index contributed by atoms with van der Waals surface area (Å²) in [6.07, 6.45) is 20.9. The SMILES string of the molecule is CCC/C=C\CCCCCCCC(=O)OC(COCCCCCCCC/C=C\C/C=C\CCCC)COP(=O)(O)OC1C(O)C(O)C(O)C(O)C1O. The molecule has 0 saturated heterocycles. The van der Waals surface area contributed by atoms with Crippen LogP contribution in [-0.4, -0.2) is 98.9 Å². The minimum Gasteiger partial charge on any atom is -0.457 e. The topological polar surface area (TPSA) is 192 Å². The molecular weight excluding hydrogens is 691 g/mol. The molecule has 1 aliphatic rings. The second kappa shape index (κ2) is 30.8. The highest BCUT2D eigenvalue weighted by molar-refractivity contribution is 7.47. The molecule has 12 nitrogen and oxygen atoms in total. The quantitative estimate of drug-likeness (QED) is 0.0183. The Morgan fingerprint density at radius 2 is 1.12 bits per heavy atom. The van der Waals surface area contributed by atoms with Gasteiger partial charge in [-0.2, -0.15) is 0 Å². The number of phosphoric ester groups is 1. The number of carbonyl (C=O) groups excluding carboxylic acids is 1. The molecular formula is C39H71O12P. The molecule has 0 aromatic rings. The number of hydrogen-bond acceptors (Lipinski definition) is 11. The van der Waals surface area contributed by atoms with Gasteiger partial charge in [0.15, 0.2) is 0 Å². The summed E-state index contributed by atoms with van der Waals surface area (Å²) in [4.78, 5) is 23.0. The zero-order valence-corrected chi connectivity index (χ0v) is 32.7. The largest absolute Gasteiger partial charge is 0.472 e. The van der Waals surface area contributed by atoms with Gasteiger partial charge in [0.1, 0.15) is 42.7 Å². The molecule has 0 bridgehead atoms. The van der Waals surface area contributed by atoms with Gasteiger partial charge >= 0.3 is 13.8 Å². The monoisotopic (exact) mass is 762 g/mol. The number of aliphatic hydroxyl groups excluding tert-OH is 5. The number of carbonyl (C=O) groups is 1. The van der Waals surface area contributed by atoms with Crippen molar-refractivity contribution in [2.45, 2.75) is 185 Å². The van der Waals surface area contributed by atoms with Crippen LogP contribution in [0, 0.1) is 0 Å². The van der Waals surface area contributed by atoms with Crippen LogP contribution >= 0.6 is 7.82 Å². The summed E-state index contributed by atoms with van der Waals surface area (Å²) in [6, 6.07) is 0. The van der Waals surface area contributed by atoms with Crippen LogP contribution in [-0.2, 0) is 27.9 Å². The van der Waals surface area contributed by atoms with Gasteiger partial charge in [-0.1, -0.05) is 115 Å². The van der Waals surface area contributed by atoms with E-state index >= 15 is 0 Å². The van der Waals surface area contributed by atoms with E-state index in [-0.39, 0.29) is 13.0 Å². The first-order chi connectivity index (χ1) is 25.0. The summed E-state index contributed by atoms with van der Waals surface area (Å²) in [5, 5.41) is 49.9. The van der Waals surface area contributed by atoms with Crippen LogP contribution in [0.25, 0.3) is 0 Å². The molecule has 6 N–H and O–H groups in total. The molecule has 304 valence electrons. The van der Waals surface area contributed by atoms with Gasteiger partial charge in [0, 0.05) is 13.0 Å². The van der Waals surface area contributed by atoms with E-state index in [2.05, 4.69) is 50.3 Å². The Morgan fingerprint density at radius 1 is 0.615 bits per heavy atom. The summed E-state index contributed by atoms with van der Waals surface area (Å²) >= 11 is 0. The molecule has 52 heavy (non-hydrogen) atoms. The first-order valence-corrected chi connectivity index (χ1v) is 21.3. The van der Waals surface area contributed by atoms with Crippen LogP contribution in [0.4, 0.5) is 0 Å². The molecule has 0 spiro atoms. The third-order valence-corrected chi connectivity index (χ3v) is 9.95. The number of phosphoric acid groups is 1. The maximum absolute atomic E-state index is 12.7. The Morgan fingerprint density at radius 3 is 1.71 bits per heavy atom. The highest BCUT2D eigenvalue weighted by atomic mass is 31.2. The fraction of sp³-hybridized carbons (Fsp3) is 0.821. The zero-order valence-electron chi connectivity index (χ0n) is 31.8. The number of ether oxygens (including phenoxy) is 2. The van der Waals surface area contributed by atoms with Crippen molar-refractivity contribution in [1.29, 1.82) is 0 Å². The molecule has 13 heteroatoms. The van der Waals surface area contributed by atoms with E-state index in [1.54, 1.807) is 0 Å². The Hall–Kier alpha value is -1.44. The van der Waals surface area contributed by atoms with Crippen molar-refractivity contribution in [1.82, 2.24) is 0 Å². The molecule has 0 radical (unpaired) electrons. The molecule has 6 atom stereocenters. The molecule has 1 aliphatic carbocycles. The second-order valence-electron chi connectivity index (χ2n) is 13.8. The normalized spacial score (nSPS) is 24.2. The van der Waals surface area contributed by atoms with Crippen molar-refractivity contribution >= 4 is 13.8 Å². The summed E-state index contributed by atoms with van der Waals surface area (Å²) < 4.78 is 33.9. The zero-order chi connectivity index (χ0) is 38.5. The van der Waals surface area contributed by atoms with Crippen LogP contribution in [0.2, 0.25) is 0 Å². The van der Waals surface area contributed by atoms with Crippen LogP contribution < -0.4 is 0 Å². The lowest BCUT2D eigenvalue weighted by molar-refractivity contribution is -0.220. The number of hydrogen-bond donors (Lipinski definition) is 6. The third kappa shape index (κ3) is 23.4. The van der Waals surface area contributed by atoms with Gasteiger partial charge < -0.3 is 39.9 Å². The molecule has 0 aliphatic heterocycles. The van der Waals surface area contributed by atoms with Crippen molar-refractivity contribution in [3.63, 3.8) is 0 Å². The maximum atomic E-state index is 12.7. The predicted octanol–water partition coefficient (Wildman–Crippen LogP) is 6.75. The smallest absolute Gasteiger partial charge is 0.457 e. The van der Waals surface area contributed by atoms with Crippen molar-refractivity contribution in [3.05, 3.63) is 36.5 Å². The van der Waals surface area contributed by atoms with Crippen LogP contribution in [0.15, 0.2) is 36.5 Å². The van der Waals surface area contributed by atoms with Gasteiger partial charge in [-0.15, -0.1) is 0 Å². The Bertz CT molecular complexity index is 1010. The molecule has 0 heterocycles. The minimum atomic E-state index is -5.01. The second-order valence-corrected chi connectivity index (χ2v) is 15.2. The first-order valence-electron chi connectivity index (χ1n) is 19.8. The highest BCUT2D eigenvalue weighted by Crippen LogP contribution is 2.47. The summed E-state index contributed by atoms with van der Waals surface area (Å²) in [7, 11) is -5.01. The summed E-state index contributed by atoms with van der Waals surface area (Å²) in [6.45, 7) is 4.09. The Balaban J connectivity index is 2.47. The Kier molecular flexibility index (Phi) is 28.8. The molecule has 6 unspecified atom stereocenters. The fourth-order valence-corrected chi connectivity index (χ4v) is 6.70. The molecule has 1 fully saturated rings. The van der Waals surface area contributed by atoms with E-state index in [0.717, 1.165) is 96.3 Å². The number of aliphatic hydroxyl groups is 5. The van der Waals surface area contributed by atoms with E-state index in [1.165, 1.54) is 19.3 Å². The molecule has 0 aromatic carbocycles. The summed E-state index contributed by atoms with van der Waals surface area (Å²) in [5.41, 5.74) is 0. The number of rotatable bonds is 32. The fourth-order valence-electron chi connectivity index (χ4n) is 5.73. The lowest BCUT2D eigenvalue weighted by Gasteiger charge is -2.41. The van der Waals surface area contributed by atoms with E-state index in [0.29, 0.717) is 13.0 Å². The Labute approximate surface area is 312 Å². The first kappa shape index (κ1) is 48.6. The van der Waals surface area contributed by atoms with Crippen molar-refractivity contribution in [2.75, 3.05) is 19.8 Å². The molecule has 0 aromatic heterocycles. The predicted molar refractivity (Wildman–Crippen MR) is 202 cm³/mol. The molecule has 1 rings (SSSR count). The van der Waals surface area contributed by atoms with Crippen molar-refractivity contribution in [2.24, 2.45) is 0 Å². The van der Waals surface area contributed by atoms with Gasteiger partial charge in [-0.25, -0.2) is 4.57 Å². The van der Waals surface area contributed by atoms with Crippen molar-refractivity contribution in [3.8, 4) is 0 Å². The van der Waals surface area contributed by atoms with Gasteiger partial charge in [-0.05, 0) is 57.8 Å². The average Bonchev–Trinajstić information content (AvgIpc) is 3.12. The van der Waals surface area contributed by atoms with Crippen LogP contribution in [0.3, 0.4) is 0 Å². The standard InChI is InChI=1S/C39H71O12P/c1-3-5-7-9-11-13-15-16-17-18-19-21-23-25-27-29-48-30-32(50-33(40)28-26-24-22-20-14-12-10-8-6-4-2)31-49-52(46,47)51-39-37(44)35(42)34(41)36(43)38(39)45/h8-11,15-16,32,34-39,41-45H,3-7,12-14,17-31H2,1-2H3,(H,46,47)/b10-8-,11-9-,16-15-. The lowest BCUT2D eigenvalue weighted by Crippen LogP contribution is -2.64. The highest BCUT2D eigenvalue weighted by Gasteiger charge is 2.51. The van der Waals surface area contributed by atoms with Gasteiger partial charge in [-0.3, -0.25) is 13.8 Å². The summed E-state index contributed by atoms with van der Waals surface area (Å²) in [5.74, 6) is -0.495. The molecule has 0 amide bonds. The van der Waals surface area contributed by atoms with Gasteiger partial charge in [0.25, 0.3) is 0 Å². The average molecular weight is 763 g/mol. The third-order valence-electron chi connectivity index (χ3n) is 8.97. The van der Waals surface area contributed by atoms with E-state index < -0.39 is 63.1 Å². The van der Waals surface area contributed by atoms with Crippen LogP contribution in [0.5, 0.6) is 0 Å². The number of unbranched alkanes of at least 4 members (excludes halogenated alkanes) is 14. The lowest BCUT2D eigenvalue weighted by atomic mass is 9.85. The number of esters is 1. The van der Waals surface area contributed by atoms with Gasteiger partial charge in [0.05, 0.1) is 13.2 Å². The van der Waals surface area contributed by atoms with E-state index in [9.17, 15) is 39.8 Å². The van der Waals surface area contributed by atoms with Gasteiger partial charge in [0.2, 0.25) is 0 Å². The van der Waals surface area contributed by atoms with E-state index in [1.807, 2.05) is 0 Å². The van der Waals surface area contributed by atoms with Crippen LogP contribution in [0.1, 0.15) is 142 Å².